The van der Waals surface area contributed by atoms with Crippen LogP contribution in [0.4, 0.5) is 0 Å². The van der Waals surface area contributed by atoms with Crippen LogP contribution in [0.5, 0.6) is 5.75 Å². The maximum Gasteiger partial charge on any atom is 0.364 e. The van der Waals surface area contributed by atoms with Crippen molar-refractivity contribution in [3.8, 4) is 39.5 Å². The molecule has 152 valence electrons. The minimum absolute atomic E-state index is 0.759. The zero-order valence-electron chi connectivity index (χ0n) is 17.4. The van der Waals surface area contributed by atoms with Crippen LogP contribution in [0.25, 0.3) is 33.8 Å². The molecule has 2 aliphatic rings. The lowest BCUT2D eigenvalue weighted by atomic mass is 9.79. The van der Waals surface area contributed by atoms with Gasteiger partial charge in [-0.15, -0.1) is 0 Å². The van der Waals surface area contributed by atoms with Gasteiger partial charge in [0.05, 0.1) is 29.4 Å². The fourth-order valence-corrected chi connectivity index (χ4v) is 5.24. The van der Waals surface area contributed by atoms with E-state index in [0.29, 0.717) is 0 Å². The number of ether oxygens (including phenoxy) is 1. The first-order valence-corrected chi connectivity index (χ1v) is 11.1. The van der Waals surface area contributed by atoms with E-state index in [1.165, 1.54) is 44.5 Å². The Bertz CT molecular complexity index is 1320. The summed E-state index contributed by atoms with van der Waals surface area (Å²) in [5.41, 5.74) is 10.2. The van der Waals surface area contributed by atoms with E-state index in [4.69, 9.17) is 20.8 Å². The summed E-state index contributed by atoms with van der Waals surface area (Å²) in [6.07, 6.45) is 3.94. The zero-order chi connectivity index (χ0) is 20.9. The Kier molecular flexibility index (Phi) is 4.36. The Morgan fingerprint density at radius 2 is 1.42 bits per heavy atom. The van der Waals surface area contributed by atoms with E-state index >= 15 is 0 Å². The second-order valence-corrected chi connectivity index (χ2v) is 8.72. The van der Waals surface area contributed by atoms with Crippen LogP contribution in [-0.2, 0) is 25.7 Å². The number of hydrogen-bond donors (Lipinski definition) is 0. The van der Waals surface area contributed by atoms with Crippen molar-refractivity contribution in [1.82, 2.24) is 0 Å². The van der Waals surface area contributed by atoms with Crippen molar-refractivity contribution < 1.29 is 9.15 Å². The van der Waals surface area contributed by atoms with E-state index in [9.17, 15) is 0 Å². The van der Waals surface area contributed by atoms with E-state index in [1.54, 1.807) is 7.11 Å². The summed E-state index contributed by atoms with van der Waals surface area (Å²) < 4.78 is 12.2. The van der Waals surface area contributed by atoms with Gasteiger partial charge < -0.3 is 4.74 Å². The molecule has 0 saturated carbocycles. The maximum atomic E-state index is 6.77. The molecular weight excluding hydrogens is 404 g/mol. The highest BCUT2D eigenvalue weighted by Gasteiger charge is 2.38. The molecule has 4 aromatic rings. The summed E-state index contributed by atoms with van der Waals surface area (Å²) in [5, 5.41) is 0.759. The van der Waals surface area contributed by atoms with Gasteiger partial charge in [0.1, 0.15) is 5.75 Å². The lowest BCUT2D eigenvalue weighted by molar-refractivity contribution is 0.414. The van der Waals surface area contributed by atoms with Gasteiger partial charge in [0.15, 0.2) is 0 Å². The van der Waals surface area contributed by atoms with Gasteiger partial charge in [-0.05, 0) is 78.8 Å². The van der Waals surface area contributed by atoms with Crippen LogP contribution >= 0.6 is 11.6 Å². The van der Waals surface area contributed by atoms with E-state index in [1.807, 2.05) is 18.2 Å². The summed E-state index contributed by atoms with van der Waals surface area (Å²) in [7, 11) is 1.72. The molecule has 2 aliphatic carbocycles. The Balaban J connectivity index is 1.67. The molecule has 0 amide bonds. The first-order valence-electron chi connectivity index (χ1n) is 10.8. The third kappa shape index (κ3) is 2.97. The van der Waals surface area contributed by atoms with Gasteiger partial charge in [0, 0.05) is 10.6 Å². The molecule has 3 heteroatoms. The molecule has 0 radical (unpaired) electrons. The monoisotopic (exact) mass is 425 g/mol. The quantitative estimate of drug-likeness (QED) is 0.311. The van der Waals surface area contributed by atoms with E-state index in [0.717, 1.165) is 48.0 Å². The van der Waals surface area contributed by atoms with Gasteiger partial charge in [-0.2, -0.15) is 0 Å². The summed E-state index contributed by atoms with van der Waals surface area (Å²) >= 11 is 6.22. The average Bonchev–Trinajstić information content (AvgIpc) is 2.82. The van der Waals surface area contributed by atoms with Crippen molar-refractivity contribution in [3.63, 3.8) is 0 Å². The van der Waals surface area contributed by atoms with Gasteiger partial charge in [0.2, 0.25) is 0 Å². The van der Waals surface area contributed by atoms with E-state index in [2.05, 4.69) is 48.5 Å². The Labute approximate surface area is 187 Å². The molecule has 3 aromatic carbocycles. The van der Waals surface area contributed by atoms with Crippen LogP contribution in [0.15, 0.2) is 71.1 Å². The van der Waals surface area contributed by atoms with Gasteiger partial charge in [-0.25, -0.2) is 4.42 Å². The molecule has 0 saturated heterocycles. The predicted octanol–water partition coefficient (Wildman–Crippen LogP) is 7.42. The SMILES string of the molecule is COc1ccc2c(c1)CCc1c-2[o+]c2c(c1-c1ccc(Cl)cc1)CCc1ccccc1-2. The topological polar surface area (TPSA) is 20.5 Å². The van der Waals surface area contributed by atoms with Crippen LogP contribution < -0.4 is 4.74 Å². The van der Waals surface area contributed by atoms with Crippen LogP contribution in [0, 0.1) is 0 Å². The zero-order valence-corrected chi connectivity index (χ0v) is 18.1. The van der Waals surface area contributed by atoms with Crippen molar-refractivity contribution >= 4 is 11.6 Å². The van der Waals surface area contributed by atoms with Crippen molar-refractivity contribution in [2.24, 2.45) is 0 Å². The van der Waals surface area contributed by atoms with Crippen molar-refractivity contribution in [2.75, 3.05) is 7.11 Å². The summed E-state index contributed by atoms with van der Waals surface area (Å²) in [6, 6.07) is 23.2. The first kappa shape index (κ1) is 18.7. The summed E-state index contributed by atoms with van der Waals surface area (Å²) in [6.45, 7) is 0. The molecule has 0 aliphatic heterocycles. The van der Waals surface area contributed by atoms with Gasteiger partial charge in [-0.3, -0.25) is 0 Å². The smallest absolute Gasteiger partial charge is 0.364 e. The number of rotatable bonds is 2. The fraction of sp³-hybridized carbons (Fsp3) is 0.179. The highest BCUT2D eigenvalue weighted by molar-refractivity contribution is 6.30. The Hall–Kier alpha value is -3.10. The number of aryl methyl sites for hydroxylation is 2. The van der Waals surface area contributed by atoms with Crippen molar-refractivity contribution in [1.29, 1.82) is 0 Å². The van der Waals surface area contributed by atoms with Crippen molar-refractivity contribution in [2.45, 2.75) is 25.7 Å². The number of hydrogen-bond acceptors (Lipinski definition) is 1. The maximum absolute atomic E-state index is 6.77. The second kappa shape index (κ2) is 7.25. The largest absolute Gasteiger partial charge is 0.497 e. The molecule has 31 heavy (non-hydrogen) atoms. The van der Waals surface area contributed by atoms with Gasteiger partial charge in [0.25, 0.3) is 0 Å². The van der Waals surface area contributed by atoms with Crippen LogP contribution in [-0.4, -0.2) is 7.11 Å². The third-order valence-corrected chi connectivity index (χ3v) is 6.85. The van der Waals surface area contributed by atoms with Gasteiger partial charge in [-0.1, -0.05) is 41.9 Å². The van der Waals surface area contributed by atoms with Crippen LogP contribution in [0.3, 0.4) is 0 Å². The fourth-order valence-electron chi connectivity index (χ4n) is 5.12. The number of fused-ring (bicyclic) bond motifs is 6. The predicted molar refractivity (Wildman–Crippen MR) is 126 cm³/mol. The van der Waals surface area contributed by atoms with Crippen molar-refractivity contribution in [3.05, 3.63) is 94.0 Å². The third-order valence-electron chi connectivity index (χ3n) is 6.60. The average molecular weight is 426 g/mol. The standard InChI is InChI=1S/C28H22ClO2/c1-30-21-12-15-23-19(16-21)9-14-25-26(18-6-10-20(29)11-7-18)24-13-8-17-4-2-3-5-22(17)27(24)31-28(23)25/h2-7,10-12,15-16H,8-9,13-14H2,1H3/q+1. The molecule has 6 rings (SSSR count). The highest BCUT2D eigenvalue weighted by Crippen LogP contribution is 2.47. The van der Waals surface area contributed by atoms with Crippen LogP contribution in [0.1, 0.15) is 22.3 Å². The Morgan fingerprint density at radius 3 is 2.16 bits per heavy atom. The normalized spacial score (nSPS) is 13.6. The summed E-state index contributed by atoms with van der Waals surface area (Å²) in [5.74, 6) is 2.89. The minimum Gasteiger partial charge on any atom is -0.497 e. The highest BCUT2D eigenvalue weighted by atomic mass is 35.5. The summed E-state index contributed by atoms with van der Waals surface area (Å²) in [4.78, 5) is 0. The number of methoxy groups -OCH3 is 1. The molecule has 0 fully saturated rings. The molecule has 0 unspecified atom stereocenters. The number of benzene rings is 3. The first-order chi connectivity index (χ1) is 15.2. The lowest BCUT2D eigenvalue weighted by Gasteiger charge is -2.22. The second-order valence-electron chi connectivity index (χ2n) is 8.28. The molecule has 1 aromatic heterocycles. The molecule has 0 atom stereocenters. The molecular formula is C28H22ClO2+. The van der Waals surface area contributed by atoms with Crippen LogP contribution in [0.2, 0.25) is 5.02 Å². The lowest BCUT2D eigenvalue weighted by Crippen LogP contribution is -2.12. The Morgan fingerprint density at radius 1 is 0.742 bits per heavy atom. The molecule has 0 spiro atoms. The molecule has 2 nitrogen and oxygen atoms in total. The van der Waals surface area contributed by atoms with E-state index in [-0.39, 0.29) is 0 Å². The molecule has 1 heterocycles. The van der Waals surface area contributed by atoms with Gasteiger partial charge >= 0.3 is 11.5 Å². The minimum atomic E-state index is 0.759. The molecule has 0 N–H and O–H groups in total. The van der Waals surface area contributed by atoms with E-state index < -0.39 is 0 Å². The molecule has 0 bridgehead atoms. The number of halogens is 1.